The van der Waals surface area contributed by atoms with E-state index in [-0.39, 0.29) is 17.8 Å². The Morgan fingerprint density at radius 2 is 2.32 bits per heavy atom. The van der Waals surface area contributed by atoms with E-state index in [1.165, 1.54) is 0 Å². The minimum atomic E-state index is -1.09. The van der Waals surface area contributed by atoms with Crippen LogP contribution in [0.25, 0.3) is 0 Å². The van der Waals surface area contributed by atoms with Gasteiger partial charge < -0.3 is 20.3 Å². The molecule has 19 heavy (non-hydrogen) atoms. The third kappa shape index (κ3) is 2.96. The molecule has 6 nitrogen and oxygen atoms in total. The number of rotatable bonds is 5. The predicted molar refractivity (Wildman–Crippen MR) is 71.4 cm³/mol. The number of nitrogens with zero attached hydrogens (tertiary/aromatic N) is 1. The highest BCUT2D eigenvalue weighted by molar-refractivity contribution is 5.99. The van der Waals surface area contributed by atoms with Crippen LogP contribution in [0.1, 0.15) is 29.0 Å². The number of aromatic carboxylic acids is 1. The SMILES string of the molecule is C=CCN(C(=O)Nc1cc(C)[nH]c1C(=O)O)C1CC1. The van der Waals surface area contributed by atoms with Crippen LogP contribution in [-0.4, -0.2) is 39.6 Å². The Bertz CT molecular complexity index is 517. The van der Waals surface area contributed by atoms with Crippen molar-refractivity contribution in [3.05, 3.63) is 30.1 Å². The van der Waals surface area contributed by atoms with Gasteiger partial charge in [-0.2, -0.15) is 0 Å². The molecule has 0 unspecified atom stereocenters. The second-order valence-electron chi connectivity index (χ2n) is 4.65. The molecular weight excluding hydrogens is 246 g/mol. The third-order valence-corrected chi connectivity index (χ3v) is 2.98. The summed E-state index contributed by atoms with van der Waals surface area (Å²) in [5, 5.41) is 11.7. The van der Waals surface area contributed by atoms with Crippen LogP contribution in [0.5, 0.6) is 0 Å². The van der Waals surface area contributed by atoms with Gasteiger partial charge in [0, 0.05) is 18.3 Å². The second kappa shape index (κ2) is 5.17. The van der Waals surface area contributed by atoms with E-state index >= 15 is 0 Å². The van der Waals surface area contributed by atoms with Gasteiger partial charge in [-0.25, -0.2) is 9.59 Å². The van der Waals surface area contributed by atoms with Gasteiger partial charge >= 0.3 is 12.0 Å². The van der Waals surface area contributed by atoms with Crippen LogP contribution in [0, 0.1) is 6.92 Å². The summed E-state index contributed by atoms with van der Waals surface area (Å²) in [4.78, 5) is 27.6. The molecule has 1 aliphatic carbocycles. The van der Waals surface area contributed by atoms with Gasteiger partial charge in [0.1, 0.15) is 5.69 Å². The first-order valence-electron chi connectivity index (χ1n) is 6.14. The van der Waals surface area contributed by atoms with Crippen molar-refractivity contribution in [2.45, 2.75) is 25.8 Å². The number of carboxylic acids is 1. The highest BCUT2D eigenvalue weighted by Gasteiger charge is 2.32. The first-order chi connectivity index (χ1) is 9.02. The molecule has 0 saturated heterocycles. The van der Waals surface area contributed by atoms with Crippen LogP contribution in [0.4, 0.5) is 10.5 Å². The molecule has 0 radical (unpaired) electrons. The van der Waals surface area contributed by atoms with Crippen molar-refractivity contribution in [2.24, 2.45) is 0 Å². The van der Waals surface area contributed by atoms with Crippen molar-refractivity contribution in [3.63, 3.8) is 0 Å². The van der Waals surface area contributed by atoms with Crippen LogP contribution in [0.2, 0.25) is 0 Å². The Kier molecular flexibility index (Phi) is 3.59. The molecule has 6 heteroatoms. The molecule has 2 amide bonds. The zero-order chi connectivity index (χ0) is 14.0. The van der Waals surface area contributed by atoms with Gasteiger partial charge in [-0.15, -0.1) is 6.58 Å². The maximum Gasteiger partial charge on any atom is 0.354 e. The second-order valence-corrected chi connectivity index (χ2v) is 4.65. The number of hydrogen-bond acceptors (Lipinski definition) is 2. The molecule has 102 valence electrons. The summed E-state index contributed by atoms with van der Waals surface area (Å²) in [5.41, 5.74) is 0.985. The van der Waals surface area contributed by atoms with Gasteiger partial charge in [-0.3, -0.25) is 0 Å². The average Bonchev–Trinajstić information content (AvgIpc) is 3.10. The van der Waals surface area contributed by atoms with Gasteiger partial charge in [-0.05, 0) is 25.8 Å². The van der Waals surface area contributed by atoms with Gasteiger partial charge in [-0.1, -0.05) is 6.08 Å². The number of aromatic amines is 1. The summed E-state index contributed by atoms with van der Waals surface area (Å²) in [6, 6.07) is 1.57. The number of aromatic nitrogens is 1. The number of urea groups is 1. The summed E-state index contributed by atoms with van der Waals surface area (Å²) in [5.74, 6) is -1.09. The Balaban J connectivity index is 2.13. The number of hydrogen-bond donors (Lipinski definition) is 3. The largest absolute Gasteiger partial charge is 0.477 e. The Morgan fingerprint density at radius 1 is 1.63 bits per heavy atom. The molecule has 1 saturated carbocycles. The number of carboxylic acid groups (broad SMARTS) is 1. The zero-order valence-electron chi connectivity index (χ0n) is 10.8. The molecule has 0 aliphatic heterocycles. The number of carbonyl (C=O) groups excluding carboxylic acids is 1. The molecule has 0 aromatic carbocycles. The molecule has 0 atom stereocenters. The van der Waals surface area contributed by atoms with Crippen molar-refractivity contribution in [1.29, 1.82) is 0 Å². The van der Waals surface area contributed by atoms with Crippen LogP contribution in [0.15, 0.2) is 18.7 Å². The molecule has 0 bridgehead atoms. The molecule has 2 rings (SSSR count). The maximum atomic E-state index is 12.1. The summed E-state index contributed by atoms with van der Waals surface area (Å²) in [6.45, 7) is 5.83. The fourth-order valence-corrected chi connectivity index (χ4v) is 1.97. The van der Waals surface area contributed by atoms with Crippen LogP contribution < -0.4 is 5.32 Å². The van der Waals surface area contributed by atoms with Crippen molar-refractivity contribution in [2.75, 3.05) is 11.9 Å². The summed E-state index contributed by atoms with van der Waals surface area (Å²) < 4.78 is 0. The van der Waals surface area contributed by atoms with Gasteiger partial charge in [0.05, 0.1) is 5.69 Å². The van der Waals surface area contributed by atoms with Crippen molar-refractivity contribution < 1.29 is 14.7 Å². The Labute approximate surface area is 111 Å². The predicted octanol–water partition coefficient (Wildman–Crippen LogP) is 2.20. The van der Waals surface area contributed by atoms with Gasteiger partial charge in [0.2, 0.25) is 0 Å². The maximum absolute atomic E-state index is 12.1. The molecule has 3 N–H and O–H groups in total. The quantitative estimate of drug-likeness (QED) is 0.712. The molecule has 1 aromatic rings. The van der Waals surface area contributed by atoms with Gasteiger partial charge in [0.25, 0.3) is 0 Å². The number of amides is 2. The standard InChI is InChI=1S/C13H17N3O3/c1-3-6-16(9-4-5-9)13(19)15-10-7-8(2)14-11(10)12(17)18/h3,7,9,14H,1,4-6H2,2H3,(H,15,19)(H,17,18). The van der Waals surface area contributed by atoms with Crippen LogP contribution in [0.3, 0.4) is 0 Å². The number of aryl methyl sites for hydroxylation is 1. The number of nitrogens with one attached hydrogen (secondary N) is 2. The average molecular weight is 263 g/mol. The highest BCUT2D eigenvalue weighted by Crippen LogP contribution is 2.27. The molecule has 1 aromatic heterocycles. The molecule has 1 heterocycles. The minimum absolute atomic E-state index is 0.000185. The fraction of sp³-hybridized carbons (Fsp3) is 0.385. The lowest BCUT2D eigenvalue weighted by molar-refractivity contribution is 0.0692. The normalized spacial score (nSPS) is 13.9. The van der Waals surface area contributed by atoms with E-state index in [0.717, 1.165) is 12.8 Å². The Morgan fingerprint density at radius 3 is 2.84 bits per heavy atom. The van der Waals surface area contributed by atoms with Crippen molar-refractivity contribution in [3.8, 4) is 0 Å². The fourth-order valence-electron chi connectivity index (χ4n) is 1.97. The van der Waals surface area contributed by atoms with E-state index in [1.807, 2.05) is 0 Å². The van der Waals surface area contributed by atoms with E-state index in [9.17, 15) is 9.59 Å². The molecule has 1 fully saturated rings. The van der Waals surface area contributed by atoms with E-state index in [4.69, 9.17) is 5.11 Å². The summed E-state index contributed by atoms with van der Waals surface area (Å²) in [7, 11) is 0. The number of carbonyl (C=O) groups is 2. The van der Waals surface area contributed by atoms with Crippen LogP contribution in [-0.2, 0) is 0 Å². The zero-order valence-corrected chi connectivity index (χ0v) is 10.8. The lowest BCUT2D eigenvalue weighted by atomic mass is 10.3. The van der Waals surface area contributed by atoms with Crippen LogP contribution >= 0.6 is 0 Å². The van der Waals surface area contributed by atoms with Crippen molar-refractivity contribution in [1.82, 2.24) is 9.88 Å². The first-order valence-corrected chi connectivity index (χ1v) is 6.14. The minimum Gasteiger partial charge on any atom is -0.477 e. The molecule has 1 aliphatic rings. The smallest absolute Gasteiger partial charge is 0.354 e. The topological polar surface area (TPSA) is 85.4 Å². The number of anilines is 1. The van der Waals surface area contributed by atoms with E-state index < -0.39 is 5.97 Å². The van der Waals surface area contributed by atoms with E-state index in [2.05, 4.69) is 16.9 Å². The molecule has 0 spiro atoms. The van der Waals surface area contributed by atoms with Gasteiger partial charge in [0.15, 0.2) is 0 Å². The summed E-state index contributed by atoms with van der Waals surface area (Å²) >= 11 is 0. The van der Waals surface area contributed by atoms with Crippen molar-refractivity contribution >= 4 is 17.7 Å². The monoisotopic (exact) mass is 263 g/mol. The molecular formula is C13H17N3O3. The van der Waals surface area contributed by atoms with E-state index in [0.29, 0.717) is 17.9 Å². The lowest BCUT2D eigenvalue weighted by Crippen LogP contribution is -2.37. The lowest BCUT2D eigenvalue weighted by Gasteiger charge is -2.20. The number of H-pyrrole nitrogens is 1. The van der Waals surface area contributed by atoms with E-state index in [1.54, 1.807) is 24.0 Å². The first kappa shape index (κ1) is 13.2. The highest BCUT2D eigenvalue weighted by atomic mass is 16.4. The Hall–Kier alpha value is -2.24. The summed E-state index contributed by atoms with van der Waals surface area (Å²) in [6.07, 6.45) is 3.64. The third-order valence-electron chi connectivity index (χ3n) is 2.98.